The summed E-state index contributed by atoms with van der Waals surface area (Å²) in [6.45, 7) is 0.323. The van der Waals surface area contributed by atoms with Gasteiger partial charge in [-0.25, -0.2) is 4.39 Å². The normalized spacial score (nSPS) is 10.8. The van der Waals surface area contributed by atoms with Crippen LogP contribution < -0.4 is 5.32 Å². The molecule has 3 nitrogen and oxygen atoms in total. The van der Waals surface area contributed by atoms with Gasteiger partial charge in [0.05, 0.1) is 6.61 Å². The Morgan fingerprint density at radius 2 is 1.90 bits per heavy atom. The highest BCUT2D eigenvalue weighted by Crippen LogP contribution is 2.08. The van der Waals surface area contributed by atoms with Gasteiger partial charge in [-0.05, 0) is 23.3 Å². The molecule has 0 aliphatic heterocycles. The van der Waals surface area contributed by atoms with E-state index in [1.165, 1.54) is 18.2 Å². The SMILES string of the molecule is O=C(C=Cc1ccccc1F)NCc1cccc(CO)c1. The fourth-order valence-corrected chi connectivity index (χ4v) is 1.86. The van der Waals surface area contributed by atoms with E-state index in [1.54, 1.807) is 18.2 Å². The third-order valence-electron chi connectivity index (χ3n) is 2.96. The number of halogens is 1. The lowest BCUT2D eigenvalue weighted by atomic mass is 10.1. The van der Waals surface area contributed by atoms with Gasteiger partial charge in [-0.2, -0.15) is 0 Å². The van der Waals surface area contributed by atoms with E-state index in [-0.39, 0.29) is 18.3 Å². The molecule has 0 bridgehead atoms. The Labute approximate surface area is 122 Å². The predicted molar refractivity (Wildman–Crippen MR) is 79.6 cm³/mol. The van der Waals surface area contributed by atoms with Gasteiger partial charge in [0.25, 0.3) is 0 Å². The Hall–Kier alpha value is -2.46. The molecule has 1 amide bonds. The molecule has 0 aliphatic rings. The van der Waals surface area contributed by atoms with Crippen LogP contribution in [0.2, 0.25) is 0 Å². The van der Waals surface area contributed by atoms with Gasteiger partial charge in [0, 0.05) is 18.2 Å². The largest absolute Gasteiger partial charge is 0.392 e. The van der Waals surface area contributed by atoms with Crippen LogP contribution in [0.4, 0.5) is 4.39 Å². The number of amides is 1. The van der Waals surface area contributed by atoms with Crippen molar-refractivity contribution in [3.63, 3.8) is 0 Å². The van der Waals surface area contributed by atoms with Crippen LogP contribution in [0.15, 0.2) is 54.6 Å². The lowest BCUT2D eigenvalue weighted by Crippen LogP contribution is -2.20. The number of benzene rings is 2. The minimum absolute atomic E-state index is 0.0328. The molecule has 0 aliphatic carbocycles. The summed E-state index contributed by atoms with van der Waals surface area (Å²) in [7, 11) is 0. The van der Waals surface area contributed by atoms with Gasteiger partial charge < -0.3 is 10.4 Å². The number of carbonyl (C=O) groups excluding carboxylic acids is 1. The lowest BCUT2D eigenvalue weighted by Gasteiger charge is -2.04. The van der Waals surface area contributed by atoms with Crippen LogP contribution in [0.25, 0.3) is 6.08 Å². The first-order valence-electron chi connectivity index (χ1n) is 6.58. The quantitative estimate of drug-likeness (QED) is 0.830. The summed E-state index contributed by atoms with van der Waals surface area (Å²) in [5, 5.41) is 11.8. The van der Waals surface area contributed by atoms with E-state index < -0.39 is 0 Å². The minimum Gasteiger partial charge on any atom is -0.392 e. The molecular weight excluding hydrogens is 269 g/mol. The van der Waals surface area contributed by atoms with Crippen LogP contribution in [0.5, 0.6) is 0 Å². The molecule has 108 valence electrons. The standard InChI is InChI=1S/C17H16FNO2/c18-16-7-2-1-6-15(16)8-9-17(21)19-11-13-4-3-5-14(10-13)12-20/h1-10,20H,11-12H2,(H,19,21). The summed E-state index contributed by atoms with van der Waals surface area (Å²) in [5.74, 6) is -0.662. The molecule has 0 aromatic heterocycles. The van der Waals surface area contributed by atoms with Crippen LogP contribution in [0.3, 0.4) is 0 Å². The molecule has 2 N–H and O–H groups in total. The summed E-state index contributed by atoms with van der Waals surface area (Å²) in [4.78, 5) is 11.7. The average Bonchev–Trinajstić information content (AvgIpc) is 2.52. The van der Waals surface area contributed by atoms with Crippen LogP contribution >= 0.6 is 0 Å². The molecular formula is C17H16FNO2. The van der Waals surface area contributed by atoms with Crippen LogP contribution in [0, 0.1) is 5.82 Å². The lowest BCUT2D eigenvalue weighted by molar-refractivity contribution is -0.116. The topological polar surface area (TPSA) is 49.3 Å². The van der Waals surface area contributed by atoms with Crippen molar-refractivity contribution in [2.24, 2.45) is 0 Å². The first-order valence-corrected chi connectivity index (χ1v) is 6.58. The van der Waals surface area contributed by atoms with Crippen molar-refractivity contribution >= 4 is 12.0 Å². The van der Waals surface area contributed by atoms with Crippen LogP contribution in [-0.2, 0) is 17.9 Å². The second-order valence-electron chi connectivity index (χ2n) is 4.55. The molecule has 0 saturated heterocycles. The summed E-state index contributed by atoms with van der Waals surface area (Å²) in [6, 6.07) is 13.6. The fourth-order valence-electron chi connectivity index (χ4n) is 1.86. The molecule has 2 aromatic rings. The first kappa shape index (κ1) is 14.9. The molecule has 0 unspecified atom stereocenters. The second-order valence-corrected chi connectivity index (χ2v) is 4.55. The van der Waals surface area contributed by atoms with Gasteiger partial charge in [-0.15, -0.1) is 0 Å². The molecule has 0 spiro atoms. The molecule has 0 heterocycles. The Balaban J connectivity index is 1.91. The highest BCUT2D eigenvalue weighted by molar-refractivity contribution is 5.91. The number of rotatable bonds is 5. The Kier molecular flexibility index (Phi) is 5.23. The van der Waals surface area contributed by atoms with E-state index in [2.05, 4.69) is 5.32 Å². The van der Waals surface area contributed by atoms with E-state index in [9.17, 15) is 9.18 Å². The summed E-state index contributed by atoms with van der Waals surface area (Å²) in [5.41, 5.74) is 2.06. The zero-order valence-electron chi connectivity index (χ0n) is 11.4. The number of hydrogen-bond donors (Lipinski definition) is 2. The van der Waals surface area contributed by atoms with Crippen molar-refractivity contribution in [3.8, 4) is 0 Å². The van der Waals surface area contributed by atoms with Crippen molar-refractivity contribution in [2.75, 3.05) is 0 Å². The Morgan fingerprint density at radius 1 is 1.14 bits per heavy atom. The third-order valence-corrected chi connectivity index (χ3v) is 2.96. The number of nitrogens with one attached hydrogen (secondary N) is 1. The second kappa shape index (κ2) is 7.36. The van der Waals surface area contributed by atoms with Gasteiger partial charge in [-0.1, -0.05) is 42.5 Å². The minimum atomic E-state index is -0.364. The Morgan fingerprint density at radius 3 is 2.67 bits per heavy atom. The monoisotopic (exact) mass is 285 g/mol. The molecule has 21 heavy (non-hydrogen) atoms. The summed E-state index contributed by atoms with van der Waals surface area (Å²) < 4.78 is 13.4. The zero-order chi connectivity index (χ0) is 15.1. The summed E-state index contributed by atoms with van der Waals surface area (Å²) >= 11 is 0. The molecule has 4 heteroatoms. The van der Waals surface area contributed by atoms with Gasteiger partial charge in [0.1, 0.15) is 5.82 Å². The van der Waals surface area contributed by atoms with Crippen molar-refractivity contribution in [1.29, 1.82) is 0 Å². The van der Waals surface area contributed by atoms with E-state index >= 15 is 0 Å². The van der Waals surface area contributed by atoms with Gasteiger partial charge in [-0.3, -0.25) is 4.79 Å². The van der Waals surface area contributed by atoms with Crippen molar-refractivity contribution < 1.29 is 14.3 Å². The highest BCUT2D eigenvalue weighted by Gasteiger charge is 2.00. The summed E-state index contributed by atoms with van der Waals surface area (Å²) in [6.07, 6.45) is 2.74. The molecule has 0 saturated carbocycles. The van der Waals surface area contributed by atoms with Gasteiger partial charge in [0.2, 0.25) is 5.91 Å². The molecule has 2 aromatic carbocycles. The molecule has 0 fully saturated rings. The number of carbonyl (C=O) groups is 1. The van der Waals surface area contributed by atoms with Gasteiger partial charge >= 0.3 is 0 Å². The van der Waals surface area contributed by atoms with Crippen molar-refractivity contribution in [1.82, 2.24) is 5.32 Å². The fraction of sp³-hybridized carbons (Fsp3) is 0.118. The molecule has 0 radical (unpaired) electrons. The average molecular weight is 285 g/mol. The van der Waals surface area contributed by atoms with E-state index in [4.69, 9.17) is 5.11 Å². The van der Waals surface area contributed by atoms with E-state index in [1.807, 2.05) is 24.3 Å². The molecule has 2 rings (SSSR count). The van der Waals surface area contributed by atoms with Crippen molar-refractivity contribution in [3.05, 3.63) is 77.1 Å². The zero-order valence-corrected chi connectivity index (χ0v) is 11.4. The number of hydrogen-bond acceptors (Lipinski definition) is 2. The number of aliphatic hydroxyl groups excluding tert-OH is 1. The van der Waals surface area contributed by atoms with E-state index in [0.29, 0.717) is 12.1 Å². The Bertz CT molecular complexity index is 653. The molecule has 0 atom stereocenters. The maximum Gasteiger partial charge on any atom is 0.244 e. The van der Waals surface area contributed by atoms with Gasteiger partial charge in [0.15, 0.2) is 0 Å². The van der Waals surface area contributed by atoms with Crippen LogP contribution in [0.1, 0.15) is 16.7 Å². The predicted octanol–water partition coefficient (Wildman–Crippen LogP) is 2.65. The van der Waals surface area contributed by atoms with Crippen molar-refractivity contribution in [2.45, 2.75) is 13.2 Å². The van der Waals surface area contributed by atoms with Crippen LogP contribution in [-0.4, -0.2) is 11.0 Å². The maximum atomic E-state index is 13.4. The third kappa shape index (κ3) is 4.54. The smallest absolute Gasteiger partial charge is 0.244 e. The highest BCUT2D eigenvalue weighted by atomic mass is 19.1. The number of aliphatic hydroxyl groups is 1. The van der Waals surface area contributed by atoms with E-state index in [0.717, 1.165) is 11.1 Å². The first-order chi connectivity index (χ1) is 10.2. The maximum absolute atomic E-state index is 13.4.